The molecule has 0 spiro atoms. The molecule has 4 rings (SSSR count). The van der Waals surface area contributed by atoms with Crippen LogP contribution in [0.4, 0.5) is 11.5 Å². The van der Waals surface area contributed by atoms with Crippen molar-refractivity contribution < 1.29 is 4.79 Å². The first kappa shape index (κ1) is 18.4. The first-order chi connectivity index (χ1) is 13.5. The largest absolute Gasteiger partial charge is 0.338 e. The van der Waals surface area contributed by atoms with Crippen LogP contribution in [-0.2, 0) is 13.0 Å². The zero-order valence-electron chi connectivity index (χ0n) is 15.9. The first-order valence-corrected chi connectivity index (χ1v) is 9.61. The number of halogens is 1. The third-order valence-corrected chi connectivity index (χ3v) is 5.27. The predicted octanol–water partition coefficient (Wildman–Crippen LogP) is 4.69. The third-order valence-electron chi connectivity index (χ3n) is 4.97. The van der Waals surface area contributed by atoms with Gasteiger partial charge in [0, 0.05) is 13.1 Å². The van der Waals surface area contributed by atoms with Gasteiger partial charge in [-0.15, -0.1) is 0 Å². The van der Waals surface area contributed by atoms with E-state index in [0.29, 0.717) is 29.6 Å². The van der Waals surface area contributed by atoms with Crippen LogP contribution in [0.25, 0.3) is 0 Å². The summed E-state index contributed by atoms with van der Waals surface area (Å²) in [5.41, 5.74) is 5.77. The number of benzene rings is 2. The van der Waals surface area contributed by atoms with E-state index < -0.39 is 0 Å². The van der Waals surface area contributed by atoms with Gasteiger partial charge in [-0.1, -0.05) is 41.9 Å². The number of carbonyl (C=O) groups excluding carboxylic acids is 1. The summed E-state index contributed by atoms with van der Waals surface area (Å²) in [5, 5.41) is 3.83. The zero-order chi connectivity index (χ0) is 19.7. The Morgan fingerprint density at radius 2 is 1.89 bits per heavy atom. The molecule has 1 N–H and O–H groups in total. The van der Waals surface area contributed by atoms with E-state index in [9.17, 15) is 4.79 Å². The van der Waals surface area contributed by atoms with E-state index in [1.54, 1.807) is 6.20 Å². The molecule has 0 saturated carbocycles. The number of amides is 1. The predicted molar refractivity (Wildman–Crippen MR) is 111 cm³/mol. The molecule has 0 atom stereocenters. The Morgan fingerprint density at radius 3 is 2.61 bits per heavy atom. The van der Waals surface area contributed by atoms with Gasteiger partial charge in [0.25, 0.3) is 5.91 Å². The smallest absolute Gasteiger partial charge is 0.274 e. The molecular formula is C22H21ClN4O. The van der Waals surface area contributed by atoms with Gasteiger partial charge < -0.3 is 10.2 Å². The Labute approximate surface area is 169 Å². The number of fused-ring (bicyclic) bond motifs is 1. The van der Waals surface area contributed by atoms with Gasteiger partial charge in [-0.05, 0) is 48.6 Å². The molecule has 1 aliphatic heterocycles. The average molecular weight is 393 g/mol. The monoisotopic (exact) mass is 392 g/mol. The van der Waals surface area contributed by atoms with Crippen molar-refractivity contribution in [3.8, 4) is 0 Å². The van der Waals surface area contributed by atoms with Crippen molar-refractivity contribution in [1.29, 1.82) is 0 Å². The number of hydrogen-bond donors (Lipinski definition) is 1. The number of hydrogen-bond acceptors (Lipinski definition) is 4. The van der Waals surface area contributed by atoms with Gasteiger partial charge in [0.1, 0.15) is 11.5 Å². The van der Waals surface area contributed by atoms with Crippen LogP contribution in [0.2, 0.25) is 5.02 Å². The highest BCUT2D eigenvalue weighted by Crippen LogP contribution is 2.29. The molecule has 28 heavy (non-hydrogen) atoms. The van der Waals surface area contributed by atoms with E-state index in [-0.39, 0.29) is 5.91 Å². The van der Waals surface area contributed by atoms with Crippen molar-refractivity contribution in [1.82, 2.24) is 14.9 Å². The minimum atomic E-state index is -0.0990. The van der Waals surface area contributed by atoms with E-state index in [1.807, 2.05) is 43.0 Å². The van der Waals surface area contributed by atoms with Gasteiger partial charge >= 0.3 is 0 Å². The highest BCUT2D eigenvalue weighted by atomic mass is 35.5. The molecule has 0 aliphatic carbocycles. The molecule has 0 saturated heterocycles. The number of carbonyl (C=O) groups is 1. The van der Waals surface area contributed by atoms with Crippen LogP contribution >= 0.6 is 11.6 Å². The van der Waals surface area contributed by atoms with Gasteiger partial charge in [-0.2, -0.15) is 0 Å². The lowest BCUT2D eigenvalue weighted by molar-refractivity contribution is 0.0728. The van der Waals surface area contributed by atoms with Crippen molar-refractivity contribution in [2.24, 2.45) is 0 Å². The quantitative estimate of drug-likeness (QED) is 0.702. The first-order valence-electron chi connectivity index (χ1n) is 9.23. The van der Waals surface area contributed by atoms with E-state index in [1.165, 1.54) is 17.3 Å². The standard InChI is InChI=1S/C22H21ClN4O/c1-14-9-15(2)21(18(23)10-14)26-20-12-24-19(11-25-20)22(28)27-8-7-16-5-3-4-6-17(16)13-27/h3-6,9-12H,7-8,13H2,1-2H3,(H,25,26). The molecular weight excluding hydrogens is 372 g/mol. The van der Waals surface area contributed by atoms with Crippen molar-refractivity contribution in [3.63, 3.8) is 0 Å². The molecule has 0 fully saturated rings. The van der Waals surface area contributed by atoms with Gasteiger partial charge in [-0.3, -0.25) is 4.79 Å². The minimum Gasteiger partial charge on any atom is -0.338 e. The van der Waals surface area contributed by atoms with Crippen LogP contribution < -0.4 is 5.32 Å². The minimum absolute atomic E-state index is 0.0990. The van der Waals surface area contributed by atoms with E-state index >= 15 is 0 Å². The summed E-state index contributed by atoms with van der Waals surface area (Å²) < 4.78 is 0. The SMILES string of the molecule is Cc1cc(C)c(Nc2cnc(C(=O)N3CCc4ccccc4C3)cn2)c(Cl)c1. The summed E-state index contributed by atoms with van der Waals surface area (Å²) in [5.74, 6) is 0.451. The molecule has 2 heterocycles. The number of nitrogens with one attached hydrogen (secondary N) is 1. The van der Waals surface area contributed by atoms with Crippen LogP contribution in [0, 0.1) is 13.8 Å². The zero-order valence-corrected chi connectivity index (χ0v) is 16.6. The second-order valence-corrected chi connectivity index (χ2v) is 7.50. The molecule has 142 valence electrons. The van der Waals surface area contributed by atoms with Gasteiger partial charge in [0.2, 0.25) is 0 Å². The van der Waals surface area contributed by atoms with Crippen LogP contribution in [0.5, 0.6) is 0 Å². The van der Waals surface area contributed by atoms with Crippen molar-refractivity contribution in [3.05, 3.63) is 81.8 Å². The van der Waals surface area contributed by atoms with E-state index in [4.69, 9.17) is 11.6 Å². The second-order valence-electron chi connectivity index (χ2n) is 7.10. The summed E-state index contributed by atoms with van der Waals surface area (Å²) in [6.07, 6.45) is 3.95. The molecule has 0 radical (unpaired) electrons. The molecule has 6 heteroatoms. The number of aromatic nitrogens is 2. The van der Waals surface area contributed by atoms with Crippen LogP contribution in [-0.4, -0.2) is 27.3 Å². The maximum atomic E-state index is 12.8. The molecule has 3 aromatic rings. The second kappa shape index (κ2) is 7.60. The molecule has 0 bridgehead atoms. The van der Waals surface area contributed by atoms with Crippen LogP contribution in [0.1, 0.15) is 32.7 Å². The van der Waals surface area contributed by atoms with E-state index in [0.717, 1.165) is 23.2 Å². The summed E-state index contributed by atoms with van der Waals surface area (Å²) in [4.78, 5) is 23.3. The molecule has 5 nitrogen and oxygen atoms in total. The Kier molecular flexibility index (Phi) is 5.01. The highest BCUT2D eigenvalue weighted by molar-refractivity contribution is 6.33. The van der Waals surface area contributed by atoms with Crippen LogP contribution in [0.3, 0.4) is 0 Å². The average Bonchev–Trinajstić information content (AvgIpc) is 2.70. The fourth-order valence-corrected chi connectivity index (χ4v) is 3.90. The molecule has 1 aliphatic rings. The fraction of sp³-hybridized carbons (Fsp3) is 0.227. The molecule has 0 unspecified atom stereocenters. The Hall–Kier alpha value is -2.92. The van der Waals surface area contributed by atoms with E-state index in [2.05, 4.69) is 27.4 Å². The normalized spacial score (nSPS) is 13.2. The topological polar surface area (TPSA) is 58.1 Å². The summed E-state index contributed by atoms with van der Waals surface area (Å²) in [6.45, 7) is 5.28. The Balaban J connectivity index is 1.49. The van der Waals surface area contributed by atoms with Crippen LogP contribution in [0.15, 0.2) is 48.8 Å². The maximum absolute atomic E-state index is 12.8. The lowest BCUT2D eigenvalue weighted by Crippen LogP contribution is -2.36. The van der Waals surface area contributed by atoms with Gasteiger partial charge in [0.15, 0.2) is 0 Å². The van der Waals surface area contributed by atoms with Gasteiger partial charge in [-0.25, -0.2) is 9.97 Å². The Morgan fingerprint density at radius 1 is 1.11 bits per heavy atom. The lowest BCUT2D eigenvalue weighted by atomic mass is 10.00. The fourth-order valence-electron chi connectivity index (χ4n) is 3.54. The number of nitrogens with zero attached hydrogens (tertiary/aromatic N) is 3. The third kappa shape index (κ3) is 3.71. The van der Waals surface area contributed by atoms with Crippen molar-refractivity contribution in [2.75, 3.05) is 11.9 Å². The Bertz CT molecular complexity index is 1010. The number of rotatable bonds is 3. The number of anilines is 2. The molecule has 1 aromatic heterocycles. The summed E-state index contributed by atoms with van der Waals surface area (Å²) in [7, 11) is 0. The van der Waals surface area contributed by atoms with Crippen molar-refractivity contribution in [2.45, 2.75) is 26.8 Å². The highest BCUT2D eigenvalue weighted by Gasteiger charge is 2.22. The van der Waals surface area contributed by atoms with Gasteiger partial charge in [0.05, 0.1) is 23.1 Å². The maximum Gasteiger partial charge on any atom is 0.274 e. The summed E-state index contributed by atoms with van der Waals surface area (Å²) in [6, 6.07) is 12.2. The van der Waals surface area contributed by atoms with Crippen molar-refractivity contribution >= 4 is 29.0 Å². The molecule has 1 amide bonds. The summed E-state index contributed by atoms with van der Waals surface area (Å²) >= 11 is 6.34. The molecule has 2 aromatic carbocycles. The lowest BCUT2D eigenvalue weighted by Gasteiger charge is -2.28. The number of aryl methyl sites for hydroxylation is 2.